The molecule has 31 heavy (non-hydrogen) atoms. The van der Waals surface area contributed by atoms with Gasteiger partial charge in [0, 0.05) is 29.4 Å². The van der Waals surface area contributed by atoms with Crippen LogP contribution in [0.15, 0.2) is 30.3 Å². The predicted molar refractivity (Wildman–Crippen MR) is 131 cm³/mol. The van der Waals surface area contributed by atoms with Crippen LogP contribution in [0.5, 0.6) is 0 Å². The Labute approximate surface area is 209 Å². The van der Waals surface area contributed by atoms with Crippen molar-refractivity contribution in [2.75, 3.05) is 5.75 Å². The standard InChI is InChI=1S/C21H26NOS2.C5H5.Fe/c23-21(13-7-6-12-19-14-15-24-25-19)22-20(18-10-4-5-11-18)16-17-8-2-1-3-9-17;1-2-4-5-3-1;/h1-5,8-11,19-20H,6-7,12-16H2,(H,22,23);1-5H;/q;;+2/t19?,20-;;/m1../s1. The van der Waals surface area contributed by atoms with Crippen LogP contribution in [0.3, 0.4) is 0 Å². The van der Waals surface area contributed by atoms with E-state index in [1.165, 1.54) is 30.1 Å². The maximum absolute atomic E-state index is 12.4. The van der Waals surface area contributed by atoms with Crippen LogP contribution in [0.2, 0.25) is 0 Å². The number of unbranched alkanes of at least 4 members (excludes halogenated alkanes) is 1. The Balaban J connectivity index is 0.000000501. The first-order chi connectivity index (χ1) is 14.8. The van der Waals surface area contributed by atoms with Crippen molar-refractivity contribution in [1.29, 1.82) is 0 Å². The minimum Gasteiger partial charge on any atom is -0.352 e. The smallest absolute Gasteiger partial charge is 0.352 e. The van der Waals surface area contributed by atoms with Gasteiger partial charge < -0.3 is 5.32 Å². The monoisotopic (exact) mass is 493 g/mol. The van der Waals surface area contributed by atoms with Crippen molar-refractivity contribution in [1.82, 2.24) is 5.32 Å². The molecule has 2 saturated carbocycles. The number of hydrogen-bond donors (Lipinski definition) is 1. The summed E-state index contributed by atoms with van der Waals surface area (Å²) in [6.45, 7) is 0. The summed E-state index contributed by atoms with van der Waals surface area (Å²) < 4.78 is 0. The number of rotatable bonds is 9. The van der Waals surface area contributed by atoms with Crippen LogP contribution < -0.4 is 5.32 Å². The van der Waals surface area contributed by atoms with Gasteiger partial charge in [0.1, 0.15) is 0 Å². The van der Waals surface area contributed by atoms with Crippen LogP contribution >= 0.6 is 21.6 Å². The van der Waals surface area contributed by atoms with Crippen LogP contribution in [0.25, 0.3) is 0 Å². The first-order valence-corrected chi connectivity index (χ1v) is 13.2. The second-order valence-electron chi connectivity index (χ2n) is 7.56. The molecule has 1 N–H and O–H groups in total. The van der Waals surface area contributed by atoms with E-state index in [1.54, 1.807) is 0 Å². The van der Waals surface area contributed by atoms with Crippen LogP contribution in [0.1, 0.15) is 37.7 Å². The number of nitrogens with one attached hydrogen (secondary N) is 1. The van der Waals surface area contributed by atoms with E-state index < -0.39 is 0 Å². The Hall–Kier alpha value is -0.0905. The molecule has 0 bridgehead atoms. The summed E-state index contributed by atoms with van der Waals surface area (Å²) in [4.78, 5) is 12.4. The van der Waals surface area contributed by atoms with E-state index in [2.05, 4.69) is 42.4 Å². The Morgan fingerprint density at radius 2 is 1.65 bits per heavy atom. The third-order valence-electron chi connectivity index (χ3n) is 5.17. The topological polar surface area (TPSA) is 29.1 Å². The molecule has 164 valence electrons. The molecule has 1 amide bonds. The number of hydrogen-bond acceptors (Lipinski definition) is 3. The SMILES string of the molecule is O=C(CCCCC1CCSS1)N[C@H](Cc1ccccc1)[C]1[CH][CH][CH][CH]1.[CH]1[CH][CH][CH][CH]1.[Fe+2]. The van der Waals surface area contributed by atoms with Crippen molar-refractivity contribution in [3.8, 4) is 0 Å². The third kappa shape index (κ3) is 11.1. The van der Waals surface area contributed by atoms with Gasteiger partial charge in [0.05, 0.1) is 0 Å². The summed E-state index contributed by atoms with van der Waals surface area (Å²) in [5.74, 6) is 2.66. The fourth-order valence-corrected chi connectivity index (χ4v) is 6.56. The van der Waals surface area contributed by atoms with Gasteiger partial charge >= 0.3 is 17.1 Å². The summed E-state index contributed by atoms with van der Waals surface area (Å²) in [7, 11) is 4.02. The van der Waals surface area contributed by atoms with Crippen molar-refractivity contribution >= 4 is 27.5 Å². The van der Waals surface area contributed by atoms with Gasteiger partial charge in [-0.3, -0.25) is 4.79 Å². The molecule has 2 atom stereocenters. The zero-order chi connectivity index (χ0) is 20.9. The summed E-state index contributed by atoms with van der Waals surface area (Å²) in [6.07, 6.45) is 24.5. The molecule has 1 heterocycles. The molecule has 10 radical (unpaired) electrons. The quantitative estimate of drug-likeness (QED) is 0.266. The Morgan fingerprint density at radius 3 is 2.26 bits per heavy atom. The summed E-state index contributed by atoms with van der Waals surface area (Å²) in [5, 5.41) is 4.06. The molecule has 1 aromatic rings. The molecule has 5 heteroatoms. The molecular formula is C26H31FeNOS2+2. The fourth-order valence-electron chi connectivity index (χ4n) is 3.53. The zero-order valence-electron chi connectivity index (χ0n) is 17.8. The molecule has 0 spiro atoms. The van der Waals surface area contributed by atoms with Gasteiger partial charge in [-0.2, -0.15) is 0 Å². The first kappa shape index (κ1) is 27.2. The molecule has 0 aromatic heterocycles. The number of carbonyl (C=O) groups is 1. The molecule has 2 aliphatic carbocycles. The summed E-state index contributed by atoms with van der Waals surface area (Å²) in [5.41, 5.74) is 1.25. The van der Waals surface area contributed by atoms with Crippen LogP contribution in [-0.2, 0) is 28.3 Å². The van der Waals surface area contributed by atoms with Crippen molar-refractivity contribution in [3.05, 3.63) is 99.6 Å². The largest absolute Gasteiger partial charge is 2.00 e. The molecule has 3 fully saturated rings. The summed E-state index contributed by atoms with van der Waals surface area (Å²) >= 11 is 0. The van der Waals surface area contributed by atoms with Gasteiger partial charge in [0.25, 0.3) is 0 Å². The third-order valence-corrected chi connectivity index (χ3v) is 8.18. The van der Waals surface area contributed by atoms with E-state index in [0.29, 0.717) is 6.42 Å². The van der Waals surface area contributed by atoms with E-state index in [0.717, 1.165) is 24.5 Å². The molecule has 2 nitrogen and oxygen atoms in total. The number of amides is 1. The normalized spacial score (nSPS) is 21.7. The maximum Gasteiger partial charge on any atom is 2.00 e. The number of benzene rings is 1. The van der Waals surface area contributed by atoms with Gasteiger partial charge in [-0.05, 0) is 89.0 Å². The van der Waals surface area contributed by atoms with Crippen LogP contribution in [0, 0.1) is 63.7 Å². The minimum absolute atomic E-state index is 0. The molecule has 1 aliphatic heterocycles. The zero-order valence-corrected chi connectivity index (χ0v) is 20.5. The molecule has 3 aliphatic rings. The molecule has 4 rings (SSSR count). The second kappa shape index (κ2) is 16.5. The van der Waals surface area contributed by atoms with E-state index in [1.807, 2.05) is 72.6 Å². The van der Waals surface area contributed by atoms with E-state index >= 15 is 0 Å². The van der Waals surface area contributed by atoms with Crippen molar-refractivity contribution in [2.45, 2.75) is 49.8 Å². The second-order valence-corrected chi connectivity index (χ2v) is 10.4. The summed E-state index contributed by atoms with van der Waals surface area (Å²) in [6, 6.07) is 10.4. The maximum atomic E-state index is 12.4. The average Bonchev–Trinajstić information content (AvgIpc) is 3.56. The van der Waals surface area contributed by atoms with Crippen molar-refractivity contribution < 1.29 is 21.9 Å². The fraction of sp³-hybridized carbons (Fsp3) is 0.346. The predicted octanol–water partition coefficient (Wildman–Crippen LogP) is 5.85. The average molecular weight is 494 g/mol. The van der Waals surface area contributed by atoms with Gasteiger partial charge in [-0.1, -0.05) is 58.3 Å². The van der Waals surface area contributed by atoms with Crippen molar-refractivity contribution in [3.63, 3.8) is 0 Å². The number of carbonyl (C=O) groups excluding carboxylic acids is 1. The van der Waals surface area contributed by atoms with Gasteiger partial charge in [0.15, 0.2) is 0 Å². The van der Waals surface area contributed by atoms with Gasteiger partial charge in [0.2, 0.25) is 5.91 Å². The first-order valence-electron chi connectivity index (χ1n) is 10.8. The van der Waals surface area contributed by atoms with Crippen molar-refractivity contribution in [2.24, 2.45) is 0 Å². The van der Waals surface area contributed by atoms with Crippen LogP contribution in [-0.4, -0.2) is 23.0 Å². The Bertz CT molecular complexity index is 577. The van der Waals surface area contributed by atoms with Gasteiger partial charge in [-0.25, -0.2) is 0 Å². The molecule has 1 aromatic carbocycles. The van der Waals surface area contributed by atoms with Crippen LogP contribution in [0.4, 0.5) is 0 Å². The van der Waals surface area contributed by atoms with E-state index in [4.69, 9.17) is 0 Å². The Kier molecular flexibility index (Phi) is 14.5. The minimum atomic E-state index is 0. The molecule has 1 unspecified atom stereocenters. The Morgan fingerprint density at radius 1 is 0.968 bits per heavy atom. The van der Waals surface area contributed by atoms with Gasteiger partial charge in [-0.15, -0.1) is 0 Å². The molecular weight excluding hydrogens is 462 g/mol. The van der Waals surface area contributed by atoms with E-state index in [-0.39, 0.29) is 29.0 Å². The molecule has 1 saturated heterocycles. The van der Waals surface area contributed by atoms with E-state index in [9.17, 15) is 4.79 Å².